The lowest BCUT2D eigenvalue weighted by atomic mass is 10.2. The molecule has 0 aliphatic carbocycles. The van der Waals surface area contributed by atoms with Crippen LogP contribution < -0.4 is 4.74 Å². The molecule has 0 saturated carbocycles. The normalized spacial score (nSPS) is 17.8. The van der Waals surface area contributed by atoms with E-state index in [1.54, 1.807) is 24.4 Å². The summed E-state index contributed by atoms with van der Waals surface area (Å²) in [4.78, 5) is 21.3. The van der Waals surface area contributed by atoms with Gasteiger partial charge in [0.2, 0.25) is 5.88 Å². The Morgan fingerprint density at radius 1 is 1.21 bits per heavy atom. The smallest absolute Gasteiger partial charge is 0.433 e. The Kier molecular flexibility index (Phi) is 4.37. The fourth-order valence-corrected chi connectivity index (χ4v) is 2.47. The summed E-state index contributed by atoms with van der Waals surface area (Å²) in [5, 5.41) is 0. The van der Waals surface area contributed by atoms with Crippen LogP contribution in [0.4, 0.5) is 13.2 Å². The molecule has 126 valence electrons. The molecule has 1 amide bonds. The van der Waals surface area contributed by atoms with E-state index in [4.69, 9.17) is 4.74 Å². The Hall–Kier alpha value is -2.64. The van der Waals surface area contributed by atoms with Gasteiger partial charge in [0.05, 0.1) is 12.1 Å². The van der Waals surface area contributed by atoms with Gasteiger partial charge in [0.1, 0.15) is 11.8 Å². The van der Waals surface area contributed by atoms with E-state index in [1.807, 2.05) is 0 Å². The molecule has 1 aliphatic rings. The number of aromatic nitrogens is 2. The first-order valence-corrected chi connectivity index (χ1v) is 7.34. The van der Waals surface area contributed by atoms with Crippen LogP contribution in [0.5, 0.6) is 5.88 Å². The highest BCUT2D eigenvalue weighted by atomic mass is 19.4. The Balaban J connectivity index is 1.62. The van der Waals surface area contributed by atoms with Crippen LogP contribution >= 0.6 is 0 Å². The van der Waals surface area contributed by atoms with Crippen LogP contribution in [-0.4, -0.2) is 40.0 Å². The quantitative estimate of drug-likeness (QED) is 0.864. The third kappa shape index (κ3) is 3.64. The van der Waals surface area contributed by atoms with Crippen molar-refractivity contribution in [2.75, 3.05) is 13.1 Å². The highest BCUT2D eigenvalue weighted by molar-refractivity contribution is 5.94. The van der Waals surface area contributed by atoms with Gasteiger partial charge in [-0.3, -0.25) is 9.78 Å². The third-order valence-corrected chi connectivity index (χ3v) is 3.66. The molecule has 0 radical (unpaired) electrons. The van der Waals surface area contributed by atoms with Crippen LogP contribution in [0.3, 0.4) is 0 Å². The fourth-order valence-electron chi connectivity index (χ4n) is 2.47. The molecule has 0 aromatic carbocycles. The molecule has 0 N–H and O–H groups in total. The Morgan fingerprint density at radius 3 is 2.67 bits per heavy atom. The zero-order valence-corrected chi connectivity index (χ0v) is 12.5. The van der Waals surface area contributed by atoms with Gasteiger partial charge in [-0.1, -0.05) is 6.07 Å². The Labute approximate surface area is 136 Å². The minimum Gasteiger partial charge on any atom is -0.472 e. The second kappa shape index (κ2) is 6.46. The summed E-state index contributed by atoms with van der Waals surface area (Å²) >= 11 is 0. The van der Waals surface area contributed by atoms with Gasteiger partial charge in [0.15, 0.2) is 0 Å². The van der Waals surface area contributed by atoms with Crippen molar-refractivity contribution in [3.05, 3.63) is 54.0 Å². The monoisotopic (exact) mass is 337 g/mol. The van der Waals surface area contributed by atoms with Gasteiger partial charge in [-0.05, 0) is 18.2 Å². The lowest BCUT2D eigenvalue weighted by molar-refractivity contribution is -0.141. The van der Waals surface area contributed by atoms with E-state index in [1.165, 1.54) is 4.90 Å². The highest BCUT2D eigenvalue weighted by Gasteiger charge is 2.33. The zero-order chi connectivity index (χ0) is 17.2. The molecule has 0 unspecified atom stereocenters. The molecule has 3 rings (SSSR count). The first-order chi connectivity index (χ1) is 11.4. The number of alkyl halides is 3. The average Bonchev–Trinajstić information content (AvgIpc) is 3.03. The molecule has 1 aliphatic heterocycles. The van der Waals surface area contributed by atoms with Gasteiger partial charge in [-0.25, -0.2) is 4.98 Å². The number of nitrogens with zero attached hydrogens (tertiary/aromatic N) is 3. The molecule has 1 atom stereocenters. The highest BCUT2D eigenvalue weighted by Crippen LogP contribution is 2.27. The van der Waals surface area contributed by atoms with Crippen molar-refractivity contribution in [3.63, 3.8) is 0 Å². The van der Waals surface area contributed by atoms with Crippen molar-refractivity contribution in [2.24, 2.45) is 0 Å². The SMILES string of the molecule is O=C(c1ccc(C(F)(F)F)nc1)N1CC[C@H](Oc2ccccn2)C1. The summed E-state index contributed by atoms with van der Waals surface area (Å²) in [6, 6.07) is 7.25. The lowest BCUT2D eigenvalue weighted by Crippen LogP contribution is -2.31. The van der Waals surface area contributed by atoms with Crippen LogP contribution in [0.25, 0.3) is 0 Å². The van der Waals surface area contributed by atoms with Crippen molar-refractivity contribution in [1.82, 2.24) is 14.9 Å². The molecular formula is C16H14F3N3O2. The number of rotatable bonds is 3. The summed E-state index contributed by atoms with van der Waals surface area (Å²) in [5.74, 6) is 0.122. The number of carbonyl (C=O) groups is 1. The van der Waals surface area contributed by atoms with E-state index >= 15 is 0 Å². The molecule has 3 heterocycles. The van der Waals surface area contributed by atoms with Gasteiger partial charge < -0.3 is 9.64 Å². The molecule has 0 spiro atoms. The van der Waals surface area contributed by atoms with E-state index in [0.717, 1.165) is 18.3 Å². The Morgan fingerprint density at radius 2 is 2.04 bits per heavy atom. The predicted molar refractivity (Wildman–Crippen MR) is 78.4 cm³/mol. The van der Waals surface area contributed by atoms with E-state index in [0.29, 0.717) is 25.4 Å². The standard InChI is InChI=1S/C16H14F3N3O2/c17-16(18,19)13-5-4-11(9-21-13)15(23)22-8-6-12(10-22)24-14-3-1-2-7-20-14/h1-5,7,9,12H,6,8,10H2/t12-/m0/s1. The number of hydrogen-bond donors (Lipinski definition) is 0. The summed E-state index contributed by atoms with van der Waals surface area (Å²) < 4.78 is 43.2. The largest absolute Gasteiger partial charge is 0.472 e. The van der Waals surface area contributed by atoms with Crippen molar-refractivity contribution in [3.8, 4) is 5.88 Å². The van der Waals surface area contributed by atoms with Crippen molar-refractivity contribution >= 4 is 5.91 Å². The molecule has 5 nitrogen and oxygen atoms in total. The molecule has 1 saturated heterocycles. The molecule has 24 heavy (non-hydrogen) atoms. The van der Waals surface area contributed by atoms with Gasteiger partial charge in [0, 0.05) is 31.4 Å². The molecule has 0 bridgehead atoms. The minimum absolute atomic E-state index is 0.126. The second-order valence-corrected chi connectivity index (χ2v) is 5.38. The number of ether oxygens (including phenoxy) is 1. The van der Waals surface area contributed by atoms with E-state index in [2.05, 4.69) is 9.97 Å². The maximum absolute atomic E-state index is 12.5. The van der Waals surface area contributed by atoms with Crippen LogP contribution in [0.2, 0.25) is 0 Å². The number of carbonyl (C=O) groups excluding carboxylic acids is 1. The molecule has 1 fully saturated rings. The first-order valence-electron chi connectivity index (χ1n) is 7.34. The van der Waals surface area contributed by atoms with E-state index < -0.39 is 11.9 Å². The van der Waals surface area contributed by atoms with Crippen molar-refractivity contribution in [2.45, 2.75) is 18.7 Å². The molecule has 2 aromatic rings. The first kappa shape index (κ1) is 16.2. The maximum atomic E-state index is 12.5. The topological polar surface area (TPSA) is 55.3 Å². The second-order valence-electron chi connectivity index (χ2n) is 5.38. The van der Waals surface area contributed by atoms with Crippen molar-refractivity contribution in [1.29, 1.82) is 0 Å². The third-order valence-electron chi connectivity index (χ3n) is 3.66. The summed E-state index contributed by atoms with van der Waals surface area (Å²) in [6.45, 7) is 0.827. The van der Waals surface area contributed by atoms with Gasteiger partial charge in [-0.15, -0.1) is 0 Å². The molecule has 2 aromatic heterocycles. The number of amides is 1. The van der Waals surface area contributed by atoms with Gasteiger partial charge in [-0.2, -0.15) is 13.2 Å². The average molecular weight is 337 g/mol. The molecular weight excluding hydrogens is 323 g/mol. The van der Waals surface area contributed by atoms with Gasteiger partial charge in [0.25, 0.3) is 5.91 Å². The van der Waals surface area contributed by atoms with Crippen LogP contribution in [0, 0.1) is 0 Å². The zero-order valence-electron chi connectivity index (χ0n) is 12.5. The van der Waals surface area contributed by atoms with Crippen LogP contribution in [-0.2, 0) is 6.18 Å². The number of pyridine rings is 2. The van der Waals surface area contributed by atoms with Crippen LogP contribution in [0.15, 0.2) is 42.7 Å². The summed E-state index contributed by atoms with van der Waals surface area (Å²) in [7, 11) is 0. The van der Waals surface area contributed by atoms with Crippen LogP contribution in [0.1, 0.15) is 22.5 Å². The van der Waals surface area contributed by atoms with E-state index in [-0.39, 0.29) is 17.6 Å². The van der Waals surface area contributed by atoms with Crippen molar-refractivity contribution < 1.29 is 22.7 Å². The summed E-state index contributed by atoms with van der Waals surface area (Å²) in [5.41, 5.74) is -0.890. The van der Waals surface area contributed by atoms with Gasteiger partial charge >= 0.3 is 6.18 Å². The maximum Gasteiger partial charge on any atom is 0.433 e. The Bertz CT molecular complexity index is 705. The molecule has 8 heteroatoms. The predicted octanol–water partition coefficient (Wildman–Crippen LogP) is 2.79. The fraction of sp³-hybridized carbons (Fsp3) is 0.312. The number of halogens is 3. The summed E-state index contributed by atoms with van der Waals surface area (Å²) in [6.07, 6.45) is -1.50. The minimum atomic E-state index is -4.52. The number of likely N-dealkylation sites (tertiary alicyclic amines) is 1. The van der Waals surface area contributed by atoms with E-state index in [9.17, 15) is 18.0 Å². The number of hydrogen-bond acceptors (Lipinski definition) is 4. The lowest BCUT2D eigenvalue weighted by Gasteiger charge is -2.17.